The van der Waals surface area contributed by atoms with Gasteiger partial charge in [0.2, 0.25) is 5.91 Å². The minimum absolute atomic E-state index is 0.0865. The lowest BCUT2D eigenvalue weighted by Crippen LogP contribution is -2.26. The zero-order chi connectivity index (χ0) is 20.5. The summed E-state index contributed by atoms with van der Waals surface area (Å²) in [5.41, 5.74) is 2.46. The first-order valence-electron chi connectivity index (χ1n) is 10.1. The van der Waals surface area contributed by atoms with Crippen LogP contribution in [0.3, 0.4) is 0 Å². The van der Waals surface area contributed by atoms with Crippen molar-refractivity contribution in [1.82, 2.24) is 15.3 Å². The molecule has 1 aromatic carbocycles. The van der Waals surface area contributed by atoms with Gasteiger partial charge in [-0.2, -0.15) is 5.26 Å². The Morgan fingerprint density at radius 1 is 1.21 bits per heavy atom. The van der Waals surface area contributed by atoms with Crippen molar-refractivity contribution < 1.29 is 4.79 Å². The maximum atomic E-state index is 12.2. The fourth-order valence-corrected chi connectivity index (χ4v) is 3.90. The fourth-order valence-electron chi connectivity index (χ4n) is 3.62. The van der Waals surface area contributed by atoms with Gasteiger partial charge in [0.05, 0.1) is 24.5 Å². The molecule has 0 bridgehead atoms. The third-order valence-corrected chi connectivity index (χ3v) is 5.58. The van der Waals surface area contributed by atoms with Crippen LogP contribution in [0.1, 0.15) is 49.1 Å². The molecule has 1 fully saturated rings. The molecule has 1 aliphatic rings. The molecule has 0 aliphatic heterocycles. The van der Waals surface area contributed by atoms with Gasteiger partial charge in [0.15, 0.2) is 5.69 Å². The lowest BCUT2D eigenvalue weighted by Gasteiger charge is -2.21. The van der Waals surface area contributed by atoms with Gasteiger partial charge in [-0.05, 0) is 56.0 Å². The molecule has 152 valence electrons. The number of rotatable bonds is 8. The van der Waals surface area contributed by atoms with Gasteiger partial charge in [-0.1, -0.05) is 36.9 Å². The summed E-state index contributed by atoms with van der Waals surface area (Å²) >= 11 is 6.40. The first-order chi connectivity index (χ1) is 14.1. The van der Waals surface area contributed by atoms with Gasteiger partial charge in [0.25, 0.3) is 0 Å². The van der Waals surface area contributed by atoms with Crippen molar-refractivity contribution in [3.05, 3.63) is 52.6 Å². The number of nitrogens with one attached hydrogen (secondary N) is 2. The first-order valence-corrected chi connectivity index (χ1v) is 10.5. The monoisotopic (exact) mass is 411 g/mol. The van der Waals surface area contributed by atoms with E-state index in [-0.39, 0.29) is 18.0 Å². The summed E-state index contributed by atoms with van der Waals surface area (Å²) in [4.78, 5) is 20.2. The molecule has 0 atom stereocenters. The standard InChI is InChI=1S/C22H26ClN5O/c23-21-10-18(28-22(29)11-19-14-27-20(12-24)15-26-19)7-6-17(21)8-9-25-13-16-4-2-1-3-5-16/h6-7,10,14-16,25H,1-5,8-9,11,13H2,(H,28,29). The molecular weight excluding hydrogens is 386 g/mol. The summed E-state index contributed by atoms with van der Waals surface area (Å²) in [5.74, 6) is 0.611. The zero-order valence-corrected chi connectivity index (χ0v) is 17.2. The number of nitriles is 1. The number of benzene rings is 1. The van der Waals surface area contributed by atoms with E-state index in [0.717, 1.165) is 31.0 Å². The normalized spacial score (nSPS) is 14.3. The summed E-state index contributed by atoms with van der Waals surface area (Å²) in [6, 6.07) is 7.50. The maximum Gasteiger partial charge on any atom is 0.230 e. The Balaban J connectivity index is 1.44. The van der Waals surface area contributed by atoms with Crippen LogP contribution in [0.5, 0.6) is 0 Å². The van der Waals surface area contributed by atoms with E-state index < -0.39 is 0 Å². The number of aromatic nitrogens is 2. The molecule has 1 aromatic heterocycles. The molecule has 0 unspecified atom stereocenters. The Kier molecular flexibility index (Phi) is 7.97. The fraction of sp³-hybridized carbons (Fsp3) is 0.455. The molecule has 0 radical (unpaired) electrons. The van der Waals surface area contributed by atoms with Gasteiger partial charge in [-0.25, -0.2) is 4.98 Å². The number of hydrogen-bond donors (Lipinski definition) is 2. The number of nitrogens with zero attached hydrogens (tertiary/aromatic N) is 3. The average Bonchev–Trinajstić information content (AvgIpc) is 2.74. The largest absolute Gasteiger partial charge is 0.326 e. The lowest BCUT2D eigenvalue weighted by atomic mass is 9.89. The molecule has 1 aliphatic carbocycles. The van der Waals surface area contributed by atoms with Crippen molar-refractivity contribution in [2.45, 2.75) is 44.9 Å². The zero-order valence-electron chi connectivity index (χ0n) is 16.5. The Hall–Kier alpha value is -2.49. The van der Waals surface area contributed by atoms with Gasteiger partial charge in [-0.15, -0.1) is 0 Å². The SMILES string of the molecule is N#Cc1cnc(CC(=O)Nc2ccc(CCNCC3CCCCC3)c(Cl)c2)cn1. The van der Waals surface area contributed by atoms with Crippen molar-refractivity contribution in [2.24, 2.45) is 5.92 Å². The van der Waals surface area contributed by atoms with Crippen molar-refractivity contribution in [2.75, 3.05) is 18.4 Å². The van der Waals surface area contributed by atoms with E-state index >= 15 is 0 Å². The van der Waals surface area contributed by atoms with Gasteiger partial charge in [-0.3, -0.25) is 9.78 Å². The Labute approximate surface area is 176 Å². The van der Waals surface area contributed by atoms with E-state index in [2.05, 4.69) is 20.6 Å². The number of anilines is 1. The molecule has 1 heterocycles. The van der Waals surface area contributed by atoms with Gasteiger partial charge in [0, 0.05) is 10.7 Å². The molecule has 7 heteroatoms. The van der Waals surface area contributed by atoms with Gasteiger partial charge >= 0.3 is 0 Å². The second-order valence-electron chi connectivity index (χ2n) is 7.49. The van der Waals surface area contributed by atoms with Crippen LogP contribution in [0.15, 0.2) is 30.6 Å². The number of hydrogen-bond acceptors (Lipinski definition) is 5. The van der Waals surface area contributed by atoms with Crippen LogP contribution >= 0.6 is 11.6 Å². The molecule has 3 rings (SSSR count). The minimum atomic E-state index is -0.207. The van der Waals surface area contributed by atoms with E-state index in [0.29, 0.717) is 16.4 Å². The molecule has 6 nitrogen and oxygen atoms in total. The van der Waals surface area contributed by atoms with Crippen LogP contribution in [0, 0.1) is 17.2 Å². The predicted molar refractivity (Wildman–Crippen MR) is 114 cm³/mol. The number of carbonyl (C=O) groups excluding carboxylic acids is 1. The summed E-state index contributed by atoms with van der Waals surface area (Å²) in [7, 11) is 0. The third kappa shape index (κ3) is 6.81. The molecule has 0 saturated heterocycles. The summed E-state index contributed by atoms with van der Waals surface area (Å²) in [6.07, 6.45) is 10.5. The highest BCUT2D eigenvalue weighted by atomic mass is 35.5. The number of carbonyl (C=O) groups is 1. The van der Waals surface area contributed by atoms with Crippen LogP contribution in [0.4, 0.5) is 5.69 Å². The van der Waals surface area contributed by atoms with E-state index in [1.165, 1.54) is 44.5 Å². The van der Waals surface area contributed by atoms with Crippen LogP contribution in [0.2, 0.25) is 5.02 Å². The number of amides is 1. The third-order valence-electron chi connectivity index (χ3n) is 5.23. The minimum Gasteiger partial charge on any atom is -0.326 e. The van der Waals surface area contributed by atoms with Crippen LogP contribution in [-0.4, -0.2) is 29.0 Å². The number of halogens is 1. The molecule has 2 N–H and O–H groups in total. The predicted octanol–water partition coefficient (Wildman–Crippen LogP) is 3.90. The Morgan fingerprint density at radius 2 is 2.03 bits per heavy atom. The van der Waals surface area contributed by atoms with E-state index in [1.807, 2.05) is 18.2 Å². The first kappa shape index (κ1) is 21.2. The summed E-state index contributed by atoms with van der Waals surface area (Å²) in [5, 5.41) is 15.8. The van der Waals surface area contributed by atoms with Gasteiger partial charge < -0.3 is 10.6 Å². The highest BCUT2D eigenvalue weighted by molar-refractivity contribution is 6.31. The topological polar surface area (TPSA) is 90.7 Å². The second-order valence-corrected chi connectivity index (χ2v) is 7.90. The highest BCUT2D eigenvalue weighted by Gasteiger charge is 2.13. The van der Waals surface area contributed by atoms with Crippen molar-refractivity contribution in [3.63, 3.8) is 0 Å². The van der Waals surface area contributed by atoms with E-state index in [4.69, 9.17) is 16.9 Å². The average molecular weight is 412 g/mol. The quantitative estimate of drug-likeness (QED) is 0.643. The molecule has 1 amide bonds. The van der Waals surface area contributed by atoms with Crippen molar-refractivity contribution in [3.8, 4) is 6.07 Å². The smallest absolute Gasteiger partial charge is 0.230 e. The van der Waals surface area contributed by atoms with E-state index in [1.54, 1.807) is 6.07 Å². The molecule has 0 spiro atoms. The Morgan fingerprint density at radius 3 is 2.72 bits per heavy atom. The van der Waals surface area contributed by atoms with Gasteiger partial charge in [0.1, 0.15) is 6.07 Å². The second kappa shape index (κ2) is 10.9. The Bertz CT molecular complexity index is 856. The van der Waals surface area contributed by atoms with Crippen LogP contribution in [-0.2, 0) is 17.6 Å². The summed E-state index contributed by atoms with van der Waals surface area (Å²) in [6.45, 7) is 1.99. The molecule has 29 heavy (non-hydrogen) atoms. The van der Waals surface area contributed by atoms with Crippen LogP contribution in [0.25, 0.3) is 0 Å². The highest BCUT2D eigenvalue weighted by Crippen LogP contribution is 2.23. The van der Waals surface area contributed by atoms with E-state index in [9.17, 15) is 4.79 Å². The summed E-state index contributed by atoms with van der Waals surface area (Å²) < 4.78 is 0. The molecule has 2 aromatic rings. The maximum absolute atomic E-state index is 12.2. The van der Waals surface area contributed by atoms with Crippen molar-refractivity contribution in [1.29, 1.82) is 5.26 Å². The molecular formula is C22H26ClN5O. The van der Waals surface area contributed by atoms with Crippen molar-refractivity contribution >= 4 is 23.2 Å². The lowest BCUT2D eigenvalue weighted by molar-refractivity contribution is -0.115. The molecule has 1 saturated carbocycles. The van der Waals surface area contributed by atoms with Crippen LogP contribution < -0.4 is 10.6 Å².